The van der Waals surface area contributed by atoms with E-state index in [9.17, 15) is 10.4 Å². The number of benzene rings is 3. The first-order valence-electron chi connectivity index (χ1n) is 14.4. The molecule has 2 fully saturated rings. The van der Waals surface area contributed by atoms with Gasteiger partial charge in [-0.15, -0.1) is 12.4 Å². The lowest BCUT2D eigenvalue weighted by atomic mass is 9.92. The van der Waals surface area contributed by atoms with Crippen LogP contribution < -0.4 is 15.1 Å². The second kappa shape index (κ2) is 12.7. The first-order chi connectivity index (χ1) is 21.1. The number of nitrogens with one attached hydrogen (secondary N) is 2. The Balaban J connectivity index is 0.00000343. The van der Waals surface area contributed by atoms with Gasteiger partial charge in [-0.1, -0.05) is 35.9 Å². The summed E-state index contributed by atoms with van der Waals surface area (Å²) < 4.78 is 5.51. The zero-order valence-electron chi connectivity index (χ0n) is 23.9. The van der Waals surface area contributed by atoms with Gasteiger partial charge in [-0.2, -0.15) is 10.4 Å². The molecule has 0 bridgehead atoms. The Kier molecular flexibility index (Phi) is 8.60. The van der Waals surface area contributed by atoms with Gasteiger partial charge in [-0.05, 0) is 48.0 Å². The maximum Gasteiger partial charge on any atom is 0.182 e. The molecular weight excluding hydrogens is 597 g/mol. The number of anilines is 2. The first-order valence-corrected chi connectivity index (χ1v) is 14.8. The number of piperazine rings is 1. The molecule has 2 aromatic heterocycles. The number of pyridine rings is 1. The fourth-order valence-corrected chi connectivity index (χ4v) is 6.24. The van der Waals surface area contributed by atoms with E-state index in [1.165, 1.54) is 6.07 Å². The smallest absolute Gasteiger partial charge is 0.182 e. The number of rotatable bonds is 5. The minimum absolute atomic E-state index is 0. The quantitative estimate of drug-likeness (QED) is 0.222. The topological polar surface area (TPSA) is 113 Å². The molecule has 11 heteroatoms. The van der Waals surface area contributed by atoms with Crippen LogP contribution in [0.25, 0.3) is 44.7 Å². The second-order valence-electron chi connectivity index (χ2n) is 10.7. The highest BCUT2D eigenvalue weighted by molar-refractivity contribution is 6.33. The molecule has 0 spiro atoms. The average Bonchev–Trinajstić information content (AvgIpc) is 3.48. The second-order valence-corrected chi connectivity index (χ2v) is 11.1. The van der Waals surface area contributed by atoms with Crippen LogP contribution in [0.4, 0.5) is 11.4 Å². The molecule has 3 N–H and O–H groups in total. The number of aromatic hydroxyl groups is 1. The van der Waals surface area contributed by atoms with Gasteiger partial charge in [0.25, 0.3) is 0 Å². The van der Waals surface area contributed by atoms with Gasteiger partial charge in [0, 0.05) is 67.3 Å². The lowest BCUT2D eigenvalue weighted by Crippen LogP contribution is -2.43. The van der Waals surface area contributed by atoms with Gasteiger partial charge in [-0.25, -0.2) is 4.98 Å². The highest BCUT2D eigenvalue weighted by Crippen LogP contribution is 2.42. The summed E-state index contributed by atoms with van der Waals surface area (Å²) in [5, 5.41) is 32.9. The molecule has 3 aromatic carbocycles. The summed E-state index contributed by atoms with van der Waals surface area (Å²) in [7, 11) is 0. The number of halogens is 2. The molecule has 0 aliphatic carbocycles. The molecule has 44 heavy (non-hydrogen) atoms. The van der Waals surface area contributed by atoms with E-state index in [1.807, 2.05) is 0 Å². The molecule has 7 rings (SSSR count). The van der Waals surface area contributed by atoms with E-state index in [2.05, 4.69) is 79.9 Å². The van der Waals surface area contributed by atoms with E-state index in [1.54, 1.807) is 12.1 Å². The summed E-state index contributed by atoms with van der Waals surface area (Å²) in [6, 6.07) is 23.8. The number of morpholine rings is 1. The molecule has 2 saturated heterocycles. The molecule has 0 atom stereocenters. The molecule has 0 saturated carbocycles. The number of aromatic nitrogens is 3. The lowest BCUT2D eigenvalue weighted by molar-refractivity contribution is 0.122. The van der Waals surface area contributed by atoms with E-state index in [0.29, 0.717) is 27.5 Å². The van der Waals surface area contributed by atoms with E-state index >= 15 is 0 Å². The number of nitriles is 1. The first kappa shape index (κ1) is 29.7. The van der Waals surface area contributed by atoms with Gasteiger partial charge < -0.3 is 25.0 Å². The van der Waals surface area contributed by atoms with Crippen molar-refractivity contribution >= 4 is 46.4 Å². The average molecular weight is 629 g/mol. The van der Waals surface area contributed by atoms with E-state index < -0.39 is 0 Å². The Bertz CT molecular complexity index is 1820. The standard InChI is InChI=1S/C33H30ClN7O2.ClH/c34-28-19-25(42)9-10-26(28)32-27(20-35)29(21-1-5-23(6-2-21)40-13-11-36-12-14-40)30-31(38-39-33(30)37-32)22-3-7-24(8-4-22)41-15-17-43-18-16-41;/h1-10,19,36,42H,11-18H2,(H,37,38,39);1H. The van der Waals surface area contributed by atoms with Crippen molar-refractivity contribution in [3.63, 3.8) is 0 Å². The van der Waals surface area contributed by atoms with Gasteiger partial charge in [0.1, 0.15) is 11.8 Å². The molecule has 224 valence electrons. The minimum Gasteiger partial charge on any atom is -0.508 e. The zero-order valence-corrected chi connectivity index (χ0v) is 25.5. The van der Waals surface area contributed by atoms with Crippen LogP contribution in [0.1, 0.15) is 5.56 Å². The summed E-state index contributed by atoms with van der Waals surface area (Å²) in [5.41, 5.74) is 7.47. The van der Waals surface area contributed by atoms with Crippen LogP contribution in [-0.2, 0) is 4.74 Å². The van der Waals surface area contributed by atoms with Gasteiger partial charge >= 0.3 is 0 Å². The molecule has 2 aliphatic rings. The predicted molar refractivity (Wildman–Crippen MR) is 177 cm³/mol. The number of aromatic amines is 1. The molecule has 5 aromatic rings. The monoisotopic (exact) mass is 627 g/mol. The summed E-state index contributed by atoms with van der Waals surface area (Å²) in [6.07, 6.45) is 0. The maximum absolute atomic E-state index is 10.6. The normalized spacial score (nSPS) is 15.2. The van der Waals surface area contributed by atoms with Crippen LogP contribution >= 0.6 is 24.0 Å². The summed E-state index contributed by atoms with van der Waals surface area (Å²) in [6.45, 7) is 6.95. The van der Waals surface area contributed by atoms with Crippen LogP contribution in [-0.4, -0.2) is 72.8 Å². The number of phenolic OH excluding ortho intramolecular Hbond substituents is 1. The van der Waals surface area contributed by atoms with Crippen LogP contribution in [0.2, 0.25) is 5.02 Å². The Morgan fingerprint density at radius 1 is 0.864 bits per heavy atom. The van der Waals surface area contributed by atoms with Crippen molar-refractivity contribution in [2.75, 3.05) is 62.3 Å². The highest BCUT2D eigenvalue weighted by atomic mass is 35.5. The van der Waals surface area contributed by atoms with Gasteiger partial charge in [-0.3, -0.25) is 5.10 Å². The number of hydrogen-bond donors (Lipinski definition) is 3. The lowest BCUT2D eigenvalue weighted by Gasteiger charge is -2.29. The van der Waals surface area contributed by atoms with Crippen molar-refractivity contribution in [3.8, 4) is 45.5 Å². The van der Waals surface area contributed by atoms with Crippen molar-refractivity contribution < 1.29 is 9.84 Å². The molecule has 9 nitrogen and oxygen atoms in total. The predicted octanol–water partition coefficient (Wildman–Crippen LogP) is 5.86. The minimum atomic E-state index is 0. The van der Waals surface area contributed by atoms with Crippen LogP contribution in [0, 0.1) is 11.3 Å². The summed E-state index contributed by atoms with van der Waals surface area (Å²) in [4.78, 5) is 9.52. The fourth-order valence-electron chi connectivity index (χ4n) is 5.98. The molecule has 0 unspecified atom stereocenters. The number of ether oxygens (including phenoxy) is 1. The van der Waals surface area contributed by atoms with Crippen molar-refractivity contribution in [2.45, 2.75) is 0 Å². The molecule has 4 heterocycles. The SMILES string of the molecule is Cl.N#Cc1c(-c2ccc(O)cc2Cl)nc2n[nH]c(-c3ccc(N4CCOCC4)cc3)c2c1-c1ccc(N2CCNCC2)cc1. The van der Waals surface area contributed by atoms with E-state index in [-0.39, 0.29) is 18.2 Å². The number of hydrogen-bond acceptors (Lipinski definition) is 8. The third-order valence-corrected chi connectivity index (χ3v) is 8.50. The number of nitrogens with zero attached hydrogens (tertiary/aromatic N) is 5. The van der Waals surface area contributed by atoms with Gasteiger partial charge in [0.15, 0.2) is 5.65 Å². The third kappa shape index (κ3) is 5.53. The van der Waals surface area contributed by atoms with Crippen molar-refractivity contribution in [3.05, 3.63) is 77.3 Å². The number of phenols is 1. The number of fused-ring (bicyclic) bond motifs is 1. The van der Waals surface area contributed by atoms with Crippen LogP contribution in [0.15, 0.2) is 66.7 Å². The third-order valence-electron chi connectivity index (χ3n) is 8.19. The molecule has 0 radical (unpaired) electrons. The van der Waals surface area contributed by atoms with Crippen LogP contribution in [0.5, 0.6) is 5.75 Å². The van der Waals surface area contributed by atoms with Gasteiger partial charge in [0.2, 0.25) is 0 Å². The molecule has 0 amide bonds. The Hall–Kier alpha value is -4.33. The Morgan fingerprint density at radius 3 is 2.14 bits per heavy atom. The Labute approximate surface area is 266 Å². The maximum atomic E-state index is 10.6. The molecule has 2 aliphatic heterocycles. The summed E-state index contributed by atoms with van der Waals surface area (Å²) >= 11 is 6.57. The van der Waals surface area contributed by atoms with Gasteiger partial charge in [0.05, 0.1) is 40.6 Å². The highest BCUT2D eigenvalue weighted by Gasteiger charge is 2.25. The fraction of sp³-hybridized carbons (Fsp3) is 0.242. The van der Waals surface area contributed by atoms with Crippen molar-refractivity contribution in [2.24, 2.45) is 0 Å². The summed E-state index contributed by atoms with van der Waals surface area (Å²) in [5.74, 6) is 0.0413. The van der Waals surface area contributed by atoms with Crippen molar-refractivity contribution in [1.82, 2.24) is 20.5 Å². The largest absolute Gasteiger partial charge is 0.508 e. The van der Waals surface area contributed by atoms with Crippen molar-refractivity contribution in [1.29, 1.82) is 5.26 Å². The number of H-pyrrole nitrogens is 1. The van der Waals surface area contributed by atoms with E-state index in [4.69, 9.17) is 21.3 Å². The molecular formula is C33H31Cl2N7O2. The van der Waals surface area contributed by atoms with Crippen LogP contribution in [0.3, 0.4) is 0 Å². The van der Waals surface area contributed by atoms with E-state index in [0.717, 1.165) is 91.6 Å². The Morgan fingerprint density at radius 2 is 1.50 bits per heavy atom. The zero-order chi connectivity index (χ0) is 29.3.